The average molecular weight is 349 g/mol. The molecule has 0 bridgehead atoms. The zero-order valence-corrected chi connectivity index (χ0v) is 14.1. The van der Waals surface area contributed by atoms with E-state index < -0.39 is 0 Å². The van der Waals surface area contributed by atoms with Gasteiger partial charge in [0.05, 0.1) is 6.20 Å². The van der Waals surface area contributed by atoms with Gasteiger partial charge < -0.3 is 4.90 Å². The van der Waals surface area contributed by atoms with Crippen LogP contribution in [0.4, 0.5) is 0 Å². The summed E-state index contributed by atoms with van der Waals surface area (Å²) < 4.78 is 0.503. The standard InChI is InChI=1S/C16H17ClN4OS/c17-14-13(12-7-3-1-4-8-18-19-11-12)20-15(23-14)16(22)21-9-5-2-6-10-21/h1,3-4,7-8,11,18H,2,5-6,9-10H2. The molecule has 0 radical (unpaired) electrons. The van der Waals surface area contributed by atoms with Gasteiger partial charge in [0.2, 0.25) is 0 Å². The van der Waals surface area contributed by atoms with Gasteiger partial charge in [-0.1, -0.05) is 41.1 Å². The zero-order valence-electron chi connectivity index (χ0n) is 12.5. The van der Waals surface area contributed by atoms with Crippen LogP contribution in [0.5, 0.6) is 0 Å². The minimum atomic E-state index is -0.0289. The van der Waals surface area contributed by atoms with Gasteiger partial charge in [-0.3, -0.25) is 9.89 Å². The number of H-pyrrole nitrogens is 1. The minimum absolute atomic E-state index is 0.0289. The van der Waals surface area contributed by atoms with E-state index in [0.717, 1.165) is 31.5 Å². The number of rotatable bonds is 2. The lowest BCUT2D eigenvalue weighted by Gasteiger charge is -2.25. The lowest BCUT2D eigenvalue weighted by molar-refractivity contribution is 0.0724. The average Bonchev–Trinajstić information content (AvgIpc) is 3.02. The third-order valence-corrected chi connectivity index (χ3v) is 4.87. The predicted octanol–water partition coefficient (Wildman–Crippen LogP) is 3.94. The number of aromatic amines is 1. The number of likely N-dealkylation sites (tertiary alicyclic amines) is 1. The Morgan fingerprint density at radius 3 is 2.87 bits per heavy atom. The van der Waals surface area contributed by atoms with Crippen LogP contribution < -0.4 is 0 Å². The Balaban J connectivity index is 1.92. The number of hydrogen-bond donors (Lipinski definition) is 1. The maximum Gasteiger partial charge on any atom is 0.282 e. The quantitative estimate of drug-likeness (QED) is 0.894. The van der Waals surface area contributed by atoms with E-state index in [1.807, 2.05) is 29.2 Å². The number of nitrogens with one attached hydrogen (secondary N) is 1. The molecule has 120 valence electrons. The van der Waals surface area contributed by atoms with Crippen molar-refractivity contribution in [2.24, 2.45) is 0 Å². The van der Waals surface area contributed by atoms with Crippen molar-refractivity contribution in [3.8, 4) is 11.3 Å². The van der Waals surface area contributed by atoms with E-state index in [4.69, 9.17) is 11.6 Å². The third-order valence-electron chi connectivity index (χ3n) is 3.63. The maximum atomic E-state index is 12.6. The molecule has 2 aromatic heterocycles. The third kappa shape index (κ3) is 3.89. The molecular formula is C16H17ClN4OS. The molecule has 3 heterocycles. The smallest absolute Gasteiger partial charge is 0.282 e. The van der Waals surface area contributed by atoms with Gasteiger partial charge >= 0.3 is 0 Å². The summed E-state index contributed by atoms with van der Waals surface area (Å²) in [6.07, 6.45) is 6.66. The van der Waals surface area contributed by atoms with Crippen molar-refractivity contribution in [2.75, 3.05) is 13.1 Å². The normalized spacial score (nSPS) is 14.4. The summed E-state index contributed by atoms with van der Waals surface area (Å²) in [6, 6.07) is 7.47. The van der Waals surface area contributed by atoms with Crippen molar-refractivity contribution >= 4 is 28.8 Å². The molecule has 0 unspecified atom stereocenters. The molecule has 1 fully saturated rings. The molecule has 7 heteroatoms. The van der Waals surface area contributed by atoms with E-state index in [9.17, 15) is 4.79 Å². The Morgan fingerprint density at radius 2 is 2.04 bits per heavy atom. The lowest BCUT2D eigenvalue weighted by Crippen LogP contribution is -2.35. The zero-order chi connectivity index (χ0) is 16.1. The second-order valence-corrected chi connectivity index (χ2v) is 6.85. The molecule has 2 aromatic rings. The maximum absolute atomic E-state index is 12.6. The Morgan fingerprint density at radius 1 is 1.22 bits per heavy atom. The van der Waals surface area contributed by atoms with Crippen LogP contribution in [0.25, 0.3) is 11.3 Å². The van der Waals surface area contributed by atoms with E-state index in [1.165, 1.54) is 17.8 Å². The Labute approximate surface area is 143 Å². The molecule has 23 heavy (non-hydrogen) atoms. The van der Waals surface area contributed by atoms with E-state index in [1.54, 1.807) is 12.4 Å². The topological polar surface area (TPSA) is 61.9 Å². The van der Waals surface area contributed by atoms with Gasteiger partial charge in [0, 0.05) is 24.8 Å². The molecule has 1 N–H and O–H groups in total. The summed E-state index contributed by atoms with van der Waals surface area (Å²) in [4.78, 5) is 18.9. The number of amides is 1. The van der Waals surface area contributed by atoms with Crippen molar-refractivity contribution in [3.63, 3.8) is 0 Å². The molecule has 0 spiro atoms. The number of aromatic nitrogens is 3. The van der Waals surface area contributed by atoms with Crippen LogP contribution in [0, 0.1) is 0 Å². The van der Waals surface area contributed by atoms with Crippen molar-refractivity contribution in [2.45, 2.75) is 19.3 Å². The fourth-order valence-electron chi connectivity index (χ4n) is 2.46. The van der Waals surface area contributed by atoms with Gasteiger partial charge in [0.25, 0.3) is 5.91 Å². The molecule has 1 aliphatic heterocycles. The first-order chi connectivity index (χ1) is 11.3. The summed E-state index contributed by atoms with van der Waals surface area (Å²) >= 11 is 7.55. The summed E-state index contributed by atoms with van der Waals surface area (Å²) in [7, 11) is 0. The SMILES string of the molecule is O=C(c1nc(-c2ccccc[nH]nc2)c(Cl)s1)N1CCCCC1. The van der Waals surface area contributed by atoms with Gasteiger partial charge in [-0.25, -0.2) is 4.98 Å². The molecule has 1 aliphatic rings. The highest BCUT2D eigenvalue weighted by Gasteiger charge is 2.23. The number of carbonyl (C=O) groups is 1. The van der Waals surface area contributed by atoms with Crippen LogP contribution in [-0.4, -0.2) is 39.1 Å². The van der Waals surface area contributed by atoms with Crippen LogP contribution in [0.3, 0.4) is 0 Å². The Kier molecular flexibility index (Phi) is 5.25. The number of thiazole rings is 1. The number of carbonyl (C=O) groups excluding carboxylic acids is 1. The summed E-state index contributed by atoms with van der Waals surface area (Å²) in [5.74, 6) is -0.0289. The first-order valence-electron chi connectivity index (χ1n) is 7.54. The van der Waals surface area contributed by atoms with Gasteiger partial charge in [-0.05, 0) is 25.3 Å². The molecule has 0 saturated carbocycles. The fraction of sp³-hybridized carbons (Fsp3) is 0.312. The second-order valence-electron chi connectivity index (χ2n) is 5.25. The fourth-order valence-corrected chi connectivity index (χ4v) is 3.61. The Hall–Kier alpha value is -1.92. The van der Waals surface area contributed by atoms with Crippen molar-refractivity contribution in [1.82, 2.24) is 20.1 Å². The first-order valence-corrected chi connectivity index (χ1v) is 8.73. The van der Waals surface area contributed by atoms with E-state index in [0.29, 0.717) is 15.0 Å². The van der Waals surface area contributed by atoms with Crippen molar-refractivity contribution in [1.29, 1.82) is 0 Å². The van der Waals surface area contributed by atoms with E-state index in [-0.39, 0.29) is 5.91 Å². The predicted molar refractivity (Wildman–Crippen MR) is 92.1 cm³/mol. The Bertz CT molecular complexity index is 711. The molecule has 1 amide bonds. The first kappa shape index (κ1) is 16.0. The van der Waals surface area contributed by atoms with Crippen molar-refractivity contribution in [3.05, 3.63) is 46.0 Å². The lowest BCUT2D eigenvalue weighted by atomic mass is 10.1. The summed E-state index contributed by atoms with van der Waals surface area (Å²) in [6.45, 7) is 1.60. The highest BCUT2D eigenvalue weighted by Crippen LogP contribution is 2.32. The van der Waals surface area contributed by atoms with Gasteiger partial charge in [0.15, 0.2) is 5.01 Å². The van der Waals surface area contributed by atoms with Crippen LogP contribution in [-0.2, 0) is 0 Å². The number of hydrogen-bond acceptors (Lipinski definition) is 4. The van der Waals surface area contributed by atoms with Crippen LogP contribution >= 0.6 is 22.9 Å². The monoisotopic (exact) mass is 348 g/mol. The van der Waals surface area contributed by atoms with E-state index >= 15 is 0 Å². The highest BCUT2D eigenvalue weighted by molar-refractivity contribution is 7.18. The highest BCUT2D eigenvalue weighted by atomic mass is 35.5. The molecule has 0 aliphatic carbocycles. The second kappa shape index (κ2) is 7.57. The molecule has 0 aromatic carbocycles. The van der Waals surface area contributed by atoms with Crippen molar-refractivity contribution < 1.29 is 4.79 Å². The number of piperidine rings is 1. The molecule has 3 rings (SSSR count). The van der Waals surface area contributed by atoms with Gasteiger partial charge in [-0.2, -0.15) is 5.10 Å². The van der Waals surface area contributed by atoms with Crippen LogP contribution in [0.2, 0.25) is 4.34 Å². The summed E-state index contributed by atoms with van der Waals surface area (Å²) in [5.41, 5.74) is 1.35. The molecular weight excluding hydrogens is 332 g/mol. The van der Waals surface area contributed by atoms with Crippen LogP contribution in [0.15, 0.2) is 36.7 Å². The van der Waals surface area contributed by atoms with E-state index in [2.05, 4.69) is 15.2 Å². The number of nitrogens with zero attached hydrogens (tertiary/aromatic N) is 3. The van der Waals surface area contributed by atoms with Gasteiger partial charge in [0.1, 0.15) is 10.0 Å². The molecule has 0 atom stereocenters. The summed E-state index contributed by atoms with van der Waals surface area (Å²) in [5, 5.41) is 7.30. The molecule has 1 saturated heterocycles. The van der Waals surface area contributed by atoms with Crippen LogP contribution in [0.1, 0.15) is 29.1 Å². The molecule has 5 nitrogen and oxygen atoms in total. The largest absolute Gasteiger partial charge is 0.337 e. The van der Waals surface area contributed by atoms with Gasteiger partial charge in [-0.15, -0.1) is 0 Å². The minimum Gasteiger partial charge on any atom is -0.337 e. The number of halogens is 1.